The predicted octanol–water partition coefficient (Wildman–Crippen LogP) is 1.21. The van der Waals surface area contributed by atoms with Gasteiger partial charge in [-0.3, -0.25) is 9.36 Å². The SMILES string of the molecule is Cc1nn(Cc2cnn(C)c2)c(C)c1S(=O)(=O)Cl. The number of rotatable bonds is 3. The lowest BCUT2D eigenvalue weighted by Crippen LogP contribution is -2.04. The molecular formula is C10H13ClN4O2S. The first kappa shape index (κ1) is 13.1. The Balaban J connectivity index is 2.42. The van der Waals surface area contributed by atoms with Gasteiger partial charge in [-0.2, -0.15) is 10.2 Å². The Bertz CT molecular complexity index is 687. The predicted molar refractivity (Wildman–Crippen MR) is 67.0 cm³/mol. The standard InChI is InChI=1S/C10H13ClN4O2S/c1-7-10(18(11,16)17)8(2)15(13-7)6-9-4-12-14(3)5-9/h4-5H,6H2,1-3H3. The second-order valence-corrected chi connectivity index (χ2v) is 6.62. The summed E-state index contributed by atoms with van der Waals surface area (Å²) in [5.41, 5.74) is 1.89. The quantitative estimate of drug-likeness (QED) is 0.796. The Hall–Kier alpha value is -1.34. The Kier molecular flexibility index (Phi) is 3.20. The molecule has 0 aromatic carbocycles. The molecule has 18 heavy (non-hydrogen) atoms. The monoisotopic (exact) mass is 288 g/mol. The minimum absolute atomic E-state index is 0.0908. The van der Waals surface area contributed by atoms with E-state index in [0.29, 0.717) is 17.9 Å². The van der Waals surface area contributed by atoms with Gasteiger partial charge in [0.1, 0.15) is 4.90 Å². The number of aryl methyl sites for hydroxylation is 2. The fourth-order valence-electron chi connectivity index (χ4n) is 1.91. The van der Waals surface area contributed by atoms with Crippen LogP contribution in [0.4, 0.5) is 0 Å². The first-order valence-electron chi connectivity index (χ1n) is 5.25. The summed E-state index contributed by atoms with van der Waals surface area (Å²) in [6.07, 6.45) is 3.57. The zero-order valence-corrected chi connectivity index (χ0v) is 11.8. The molecule has 0 unspecified atom stereocenters. The van der Waals surface area contributed by atoms with Gasteiger partial charge in [-0.05, 0) is 13.8 Å². The van der Waals surface area contributed by atoms with Crippen LogP contribution >= 0.6 is 10.7 Å². The molecule has 0 radical (unpaired) electrons. The zero-order chi connectivity index (χ0) is 13.5. The highest BCUT2D eigenvalue weighted by molar-refractivity contribution is 8.13. The van der Waals surface area contributed by atoms with E-state index in [9.17, 15) is 8.42 Å². The summed E-state index contributed by atoms with van der Waals surface area (Å²) in [7, 11) is 3.45. The molecule has 2 aromatic heterocycles. The molecule has 0 spiro atoms. The minimum atomic E-state index is -3.76. The van der Waals surface area contributed by atoms with Crippen molar-refractivity contribution in [3.05, 3.63) is 29.3 Å². The molecule has 8 heteroatoms. The van der Waals surface area contributed by atoms with Crippen LogP contribution in [0.2, 0.25) is 0 Å². The highest BCUT2D eigenvalue weighted by Gasteiger charge is 2.22. The van der Waals surface area contributed by atoms with Gasteiger partial charge >= 0.3 is 0 Å². The number of hydrogen-bond donors (Lipinski definition) is 0. The topological polar surface area (TPSA) is 69.8 Å². The van der Waals surface area contributed by atoms with Crippen molar-refractivity contribution in [2.75, 3.05) is 0 Å². The van der Waals surface area contributed by atoms with Gasteiger partial charge < -0.3 is 0 Å². The summed E-state index contributed by atoms with van der Waals surface area (Å²) in [6.45, 7) is 3.78. The summed E-state index contributed by atoms with van der Waals surface area (Å²) < 4.78 is 26.2. The summed E-state index contributed by atoms with van der Waals surface area (Å²) in [5.74, 6) is 0. The molecule has 0 bridgehead atoms. The summed E-state index contributed by atoms with van der Waals surface area (Å²) in [5, 5.41) is 8.25. The molecule has 0 N–H and O–H groups in total. The Morgan fingerprint density at radius 1 is 1.39 bits per heavy atom. The molecule has 2 rings (SSSR count). The lowest BCUT2D eigenvalue weighted by atomic mass is 10.3. The van der Waals surface area contributed by atoms with Crippen molar-refractivity contribution < 1.29 is 8.42 Å². The largest absolute Gasteiger partial charge is 0.275 e. The van der Waals surface area contributed by atoms with Crippen molar-refractivity contribution in [2.45, 2.75) is 25.3 Å². The molecule has 2 heterocycles. The third kappa shape index (κ3) is 2.41. The second-order valence-electron chi connectivity index (χ2n) is 4.12. The zero-order valence-electron chi connectivity index (χ0n) is 10.3. The van der Waals surface area contributed by atoms with E-state index in [1.165, 1.54) is 0 Å². The van der Waals surface area contributed by atoms with E-state index >= 15 is 0 Å². The molecule has 0 aliphatic rings. The van der Waals surface area contributed by atoms with Crippen LogP contribution in [-0.4, -0.2) is 28.0 Å². The van der Waals surface area contributed by atoms with Crippen LogP contribution in [0, 0.1) is 13.8 Å². The van der Waals surface area contributed by atoms with Gasteiger partial charge in [0.05, 0.1) is 24.1 Å². The van der Waals surface area contributed by atoms with E-state index in [1.807, 2.05) is 13.2 Å². The smallest absolute Gasteiger partial charge is 0.264 e. The van der Waals surface area contributed by atoms with Gasteiger partial charge in [0, 0.05) is 29.5 Å². The fraction of sp³-hybridized carbons (Fsp3) is 0.400. The minimum Gasteiger partial charge on any atom is -0.275 e. The Morgan fingerprint density at radius 3 is 2.50 bits per heavy atom. The molecule has 0 aliphatic carbocycles. The summed E-state index contributed by atoms with van der Waals surface area (Å²) >= 11 is 0. The van der Waals surface area contributed by atoms with E-state index in [-0.39, 0.29) is 4.90 Å². The second kappa shape index (κ2) is 4.40. The van der Waals surface area contributed by atoms with Crippen LogP contribution in [0.15, 0.2) is 17.3 Å². The number of halogens is 1. The molecular weight excluding hydrogens is 276 g/mol. The number of hydrogen-bond acceptors (Lipinski definition) is 4. The molecule has 0 saturated carbocycles. The van der Waals surface area contributed by atoms with Crippen molar-refractivity contribution in [2.24, 2.45) is 7.05 Å². The van der Waals surface area contributed by atoms with E-state index in [1.54, 1.807) is 29.4 Å². The molecule has 6 nitrogen and oxygen atoms in total. The van der Waals surface area contributed by atoms with Crippen molar-refractivity contribution in [1.29, 1.82) is 0 Å². The highest BCUT2D eigenvalue weighted by atomic mass is 35.7. The lowest BCUT2D eigenvalue weighted by molar-refractivity contribution is 0.607. The van der Waals surface area contributed by atoms with Crippen LogP contribution < -0.4 is 0 Å². The van der Waals surface area contributed by atoms with Gasteiger partial charge in [-0.1, -0.05) is 0 Å². The Morgan fingerprint density at radius 2 is 2.06 bits per heavy atom. The van der Waals surface area contributed by atoms with Crippen molar-refractivity contribution >= 4 is 19.7 Å². The first-order valence-corrected chi connectivity index (χ1v) is 7.56. The van der Waals surface area contributed by atoms with E-state index < -0.39 is 9.05 Å². The van der Waals surface area contributed by atoms with Crippen LogP contribution in [0.3, 0.4) is 0 Å². The van der Waals surface area contributed by atoms with E-state index in [2.05, 4.69) is 10.2 Å². The molecule has 98 valence electrons. The molecule has 0 atom stereocenters. The van der Waals surface area contributed by atoms with Gasteiger partial charge in [-0.15, -0.1) is 0 Å². The van der Waals surface area contributed by atoms with Crippen LogP contribution in [0.5, 0.6) is 0 Å². The van der Waals surface area contributed by atoms with Gasteiger partial charge in [0.25, 0.3) is 9.05 Å². The number of aromatic nitrogens is 4. The van der Waals surface area contributed by atoms with Gasteiger partial charge in [-0.25, -0.2) is 8.42 Å². The van der Waals surface area contributed by atoms with Crippen molar-refractivity contribution in [1.82, 2.24) is 19.6 Å². The third-order valence-electron chi connectivity index (χ3n) is 2.65. The van der Waals surface area contributed by atoms with Gasteiger partial charge in [0.15, 0.2) is 0 Å². The molecule has 0 fully saturated rings. The normalized spacial score (nSPS) is 12.0. The molecule has 0 amide bonds. The summed E-state index contributed by atoms with van der Waals surface area (Å²) in [6, 6.07) is 0. The van der Waals surface area contributed by atoms with Crippen molar-refractivity contribution in [3.63, 3.8) is 0 Å². The van der Waals surface area contributed by atoms with Gasteiger partial charge in [0.2, 0.25) is 0 Å². The van der Waals surface area contributed by atoms with Crippen LogP contribution in [0.1, 0.15) is 17.0 Å². The average molecular weight is 289 g/mol. The number of nitrogens with zero attached hydrogens (tertiary/aromatic N) is 4. The third-order valence-corrected chi connectivity index (χ3v) is 4.19. The van der Waals surface area contributed by atoms with Crippen molar-refractivity contribution in [3.8, 4) is 0 Å². The van der Waals surface area contributed by atoms with E-state index in [0.717, 1.165) is 5.56 Å². The average Bonchev–Trinajstić information content (AvgIpc) is 2.71. The van der Waals surface area contributed by atoms with E-state index in [4.69, 9.17) is 10.7 Å². The first-order chi connectivity index (χ1) is 8.29. The van der Waals surface area contributed by atoms with Crippen LogP contribution in [0.25, 0.3) is 0 Å². The molecule has 0 saturated heterocycles. The maximum Gasteiger partial charge on any atom is 0.264 e. The summed E-state index contributed by atoms with van der Waals surface area (Å²) in [4.78, 5) is 0.0908. The molecule has 0 aliphatic heterocycles. The fourth-order valence-corrected chi connectivity index (χ4v) is 3.44. The maximum absolute atomic E-state index is 11.4. The highest BCUT2D eigenvalue weighted by Crippen LogP contribution is 2.23. The maximum atomic E-state index is 11.4. The Labute approximate surface area is 110 Å². The lowest BCUT2D eigenvalue weighted by Gasteiger charge is -2.02. The molecule has 2 aromatic rings. The van der Waals surface area contributed by atoms with Crippen LogP contribution in [-0.2, 0) is 22.6 Å².